The maximum atomic E-state index is 12.2. The number of amides is 3. The van der Waals surface area contributed by atoms with Gasteiger partial charge in [-0.25, -0.2) is 4.79 Å². The number of hydrogen-bond acceptors (Lipinski definition) is 4. The summed E-state index contributed by atoms with van der Waals surface area (Å²) in [6.07, 6.45) is -1.77. The highest BCUT2D eigenvalue weighted by Gasteiger charge is 2.31. The summed E-state index contributed by atoms with van der Waals surface area (Å²) in [6.45, 7) is 0. The molecule has 32 heavy (non-hydrogen) atoms. The second-order valence-electron chi connectivity index (χ2n) is 7.37. The van der Waals surface area contributed by atoms with E-state index in [0.717, 1.165) is 37.8 Å². The van der Waals surface area contributed by atoms with E-state index >= 15 is 0 Å². The van der Waals surface area contributed by atoms with Crippen LogP contribution in [0.3, 0.4) is 0 Å². The smallest absolute Gasteiger partial charge is 0.490 e. The van der Waals surface area contributed by atoms with E-state index < -0.39 is 12.4 Å². The van der Waals surface area contributed by atoms with E-state index in [1.54, 1.807) is 31.3 Å². The summed E-state index contributed by atoms with van der Waals surface area (Å²) >= 11 is 0. The molecule has 0 aromatic heterocycles. The van der Waals surface area contributed by atoms with Crippen molar-refractivity contribution in [3.63, 3.8) is 0 Å². The summed E-state index contributed by atoms with van der Waals surface area (Å²) < 4.78 is 46.4. The molecule has 1 aliphatic carbocycles. The number of ether oxygens (including phenoxy) is 2. The normalized spacial score (nSPS) is 18.4. The Morgan fingerprint density at radius 1 is 0.906 bits per heavy atom. The van der Waals surface area contributed by atoms with Crippen LogP contribution in [0.15, 0.2) is 48.5 Å². The van der Waals surface area contributed by atoms with E-state index in [2.05, 4.69) is 20.7 Å². The minimum atomic E-state index is -4.76. The van der Waals surface area contributed by atoms with Gasteiger partial charge in [0.25, 0.3) is 5.91 Å². The van der Waals surface area contributed by atoms with Crippen molar-refractivity contribution in [1.82, 2.24) is 10.6 Å². The topological polar surface area (TPSA) is 88.7 Å². The average molecular weight is 451 g/mol. The summed E-state index contributed by atoms with van der Waals surface area (Å²) in [6, 6.07) is 11.4. The lowest BCUT2D eigenvalue weighted by molar-refractivity contribution is -0.274. The fourth-order valence-corrected chi connectivity index (χ4v) is 3.44. The Balaban J connectivity index is 1.40. The average Bonchev–Trinajstić information content (AvgIpc) is 2.75. The number of carbonyl (C=O) groups is 2. The monoisotopic (exact) mass is 451 g/mol. The molecule has 172 valence electrons. The molecule has 1 saturated carbocycles. The first-order valence-electron chi connectivity index (χ1n) is 10.1. The minimum Gasteiger partial charge on any atom is -0.490 e. The van der Waals surface area contributed by atoms with Crippen molar-refractivity contribution < 1.29 is 32.2 Å². The molecule has 0 saturated heterocycles. The zero-order chi connectivity index (χ0) is 23.1. The number of urea groups is 1. The maximum Gasteiger partial charge on any atom is 0.573 e. The fraction of sp³-hybridized carbons (Fsp3) is 0.364. The zero-order valence-electron chi connectivity index (χ0n) is 17.4. The Morgan fingerprint density at radius 2 is 1.50 bits per heavy atom. The summed E-state index contributed by atoms with van der Waals surface area (Å²) in [5, 5.41) is 8.03. The van der Waals surface area contributed by atoms with Gasteiger partial charge in [-0.15, -0.1) is 13.2 Å². The van der Waals surface area contributed by atoms with E-state index in [1.165, 1.54) is 12.1 Å². The zero-order valence-corrected chi connectivity index (χ0v) is 17.4. The van der Waals surface area contributed by atoms with Crippen LogP contribution in [-0.2, 0) is 0 Å². The first kappa shape index (κ1) is 23.2. The maximum absolute atomic E-state index is 12.2. The largest absolute Gasteiger partial charge is 0.573 e. The van der Waals surface area contributed by atoms with Gasteiger partial charge in [0.05, 0.1) is 6.10 Å². The van der Waals surface area contributed by atoms with Gasteiger partial charge < -0.3 is 25.4 Å². The van der Waals surface area contributed by atoms with E-state index in [9.17, 15) is 22.8 Å². The molecule has 0 spiro atoms. The van der Waals surface area contributed by atoms with Crippen molar-refractivity contribution in [3.8, 4) is 11.5 Å². The Labute approximate surface area is 183 Å². The second kappa shape index (κ2) is 10.3. The Bertz CT molecular complexity index is 910. The lowest BCUT2D eigenvalue weighted by Crippen LogP contribution is -2.41. The molecule has 0 aliphatic heterocycles. The van der Waals surface area contributed by atoms with Gasteiger partial charge in [0, 0.05) is 24.3 Å². The van der Waals surface area contributed by atoms with Crippen LogP contribution in [0.25, 0.3) is 0 Å². The third kappa shape index (κ3) is 7.07. The molecule has 0 heterocycles. The highest BCUT2D eigenvalue weighted by atomic mass is 19.4. The van der Waals surface area contributed by atoms with Gasteiger partial charge in [-0.1, -0.05) is 0 Å². The summed E-state index contributed by atoms with van der Waals surface area (Å²) in [5.41, 5.74) is 0.913. The van der Waals surface area contributed by atoms with Crippen molar-refractivity contribution in [2.75, 3.05) is 12.4 Å². The molecular formula is C22H24F3N3O4. The fourth-order valence-electron chi connectivity index (χ4n) is 3.44. The van der Waals surface area contributed by atoms with Gasteiger partial charge in [0.2, 0.25) is 0 Å². The van der Waals surface area contributed by atoms with Gasteiger partial charge in [-0.2, -0.15) is 0 Å². The van der Waals surface area contributed by atoms with Crippen LogP contribution in [0, 0.1) is 0 Å². The summed E-state index contributed by atoms with van der Waals surface area (Å²) in [5.74, 6) is 0.168. The number of nitrogens with one attached hydrogen (secondary N) is 3. The number of carbonyl (C=O) groups excluding carboxylic acids is 2. The molecule has 0 unspecified atom stereocenters. The highest BCUT2D eigenvalue weighted by molar-refractivity contribution is 5.94. The van der Waals surface area contributed by atoms with Gasteiger partial charge in [-0.05, 0) is 74.2 Å². The highest BCUT2D eigenvalue weighted by Crippen LogP contribution is 2.25. The molecule has 1 fully saturated rings. The number of alkyl halides is 3. The van der Waals surface area contributed by atoms with Crippen LogP contribution in [0.2, 0.25) is 0 Å². The first-order valence-corrected chi connectivity index (χ1v) is 10.1. The van der Waals surface area contributed by atoms with Crippen LogP contribution in [0.5, 0.6) is 11.5 Å². The molecule has 0 bridgehead atoms. The second-order valence-corrected chi connectivity index (χ2v) is 7.37. The summed E-state index contributed by atoms with van der Waals surface area (Å²) in [7, 11) is 1.57. The quantitative estimate of drug-likeness (QED) is 0.605. The van der Waals surface area contributed by atoms with Crippen molar-refractivity contribution in [1.29, 1.82) is 0 Å². The predicted octanol–water partition coefficient (Wildman–Crippen LogP) is 4.46. The van der Waals surface area contributed by atoms with Crippen molar-refractivity contribution in [2.45, 2.75) is 44.2 Å². The Morgan fingerprint density at radius 3 is 2.06 bits per heavy atom. The molecule has 7 nitrogen and oxygen atoms in total. The van der Waals surface area contributed by atoms with Gasteiger partial charge in [0.1, 0.15) is 11.5 Å². The number of hydrogen-bond donors (Lipinski definition) is 3. The predicted molar refractivity (Wildman–Crippen MR) is 112 cm³/mol. The molecule has 3 rings (SSSR count). The number of benzene rings is 2. The van der Waals surface area contributed by atoms with Crippen LogP contribution in [0.1, 0.15) is 36.0 Å². The molecule has 1 aliphatic rings. The third-order valence-corrected chi connectivity index (χ3v) is 5.00. The lowest BCUT2D eigenvalue weighted by atomic mass is 9.93. The molecule has 0 radical (unpaired) electrons. The molecule has 2 aromatic carbocycles. The third-order valence-electron chi connectivity index (χ3n) is 5.00. The molecule has 2 aromatic rings. The van der Waals surface area contributed by atoms with Crippen molar-refractivity contribution in [3.05, 3.63) is 54.1 Å². The summed E-state index contributed by atoms with van der Waals surface area (Å²) in [4.78, 5) is 23.8. The van der Waals surface area contributed by atoms with E-state index in [-0.39, 0.29) is 23.8 Å². The first-order chi connectivity index (χ1) is 15.2. The molecule has 3 N–H and O–H groups in total. The Kier molecular flexibility index (Phi) is 7.45. The molecule has 3 amide bonds. The Hall–Kier alpha value is -3.43. The number of halogens is 3. The van der Waals surface area contributed by atoms with Gasteiger partial charge in [0.15, 0.2) is 0 Å². The van der Waals surface area contributed by atoms with E-state index in [1.807, 2.05) is 0 Å². The number of rotatable bonds is 6. The van der Waals surface area contributed by atoms with Crippen molar-refractivity contribution >= 4 is 17.6 Å². The standard InChI is InChI=1S/C22H24F3N3O4/c1-26-20(29)14-2-8-17(9-3-14)31-18-10-4-15(5-11-18)27-21(30)28-16-6-12-19(13-7-16)32-22(23,24)25/h2-3,6-9,12-13,15,18H,4-5,10-11H2,1H3,(H,26,29)(H2,27,28,30)/t15-,18+. The molecule has 10 heteroatoms. The van der Waals surface area contributed by atoms with E-state index in [0.29, 0.717) is 17.0 Å². The van der Waals surface area contributed by atoms with Gasteiger partial charge >= 0.3 is 12.4 Å². The molecular weight excluding hydrogens is 427 g/mol. The van der Waals surface area contributed by atoms with Crippen LogP contribution >= 0.6 is 0 Å². The van der Waals surface area contributed by atoms with Crippen molar-refractivity contribution in [2.24, 2.45) is 0 Å². The van der Waals surface area contributed by atoms with Crippen LogP contribution in [-0.4, -0.2) is 37.5 Å². The van der Waals surface area contributed by atoms with E-state index in [4.69, 9.17) is 4.74 Å². The van der Waals surface area contributed by atoms with Gasteiger partial charge in [-0.3, -0.25) is 4.79 Å². The SMILES string of the molecule is CNC(=O)c1ccc(O[C@H]2CC[C@@H](NC(=O)Nc3ccc(OC(F)(F)F)cc3)CC2)cc1. The van der Waals surface area contributed by atoms with Crippen LogP contribution in [0.4, 0.5) is 23.7 Å². The lowest BCUT2D eigenvalue weighted by Gasteiger charge is -2.29. The van der Waals surface area contributed by atoms with Crippen LogP contribution < -0.4 is 25.4 Å². The minimum absolute atomic E-state index is 0.0168. The molecule has 0 atom stereocenters. The number of anilines is 1.